The van der Waals surface area contributed by atoms with Gasteiger partial charge in [0, 0.05) is 0 Å². The summed E-state index contributed by atoms with van der Waals surface area (Å²) in [6, 6.07) is 3.77. The van der Waals surface area contributed by atoms with Gasteiger partial charge in [-0.15, -0.1) is 0 Å². The van der Waals surface area contributed by atoms with Crippen LogP contribution in [0.15, 0.2) is 18.2 Å². The van der Waals surface area contributed by atoms with Gasteiger partial charge in [-0.25, -0.2) is 12.8 Å². The van der Waals surface area contributed by atoms with E-state index in [1.54, 1.807) is 6.07 Å². The molecule has 3 N–H and O–H groups in total. The Balaban J connectivity index is 2.34. The van der Waals surface area contributed by atoms with Crippen molar-refractivity contribution in [3.8, 4) is 5.75 Å². The second-order valence-corrected chi connectivity index (χ2v) is 7.28. The van der Waals surface area contributed by atoms with Crippen molar-refractivity contribution in [2.45, 2.75) is 30.6 Å². The van der Waals surface area contributed by atoms with Crippen LogP contribution in [0.3, 0.4) is 0 Å². The van der Waals surface area contributed by atoms with Crippen LogP contribution in [0, 0.1) is 5.82 Å². The maximum Gasteiger partial charge on any atom is 0.165 e. The fourth-order valence-electron chi connectivity index (χ4n) is 2.65. The summed E-state index contributed by atoms with van der Waals surface area (Å²) in [5, 5.41) is -0.617. The van der Waals surface area contributed by atoms with Crippen LogP contribution < -0.4 is 16.0 Å². The number of nitrogens with one attached hydrogen (secondary N) is 1. The summed E-state index contributed by atoms with van der Waals surface area (Å²) in [4.78, 5) is 0. The lowest BCUT2D eigenvalue weighted by atomic mass is 9.99. The van der Waals surface area contributed by atoms with Gasteiger partial charge in [-0.1, -0.05) is 12.5 Å². The van der Waals surface area contributed by atoms with Gasteiger partial charge in [-0.05, 0) is 30.5 Å². The second-order valence-electron chi connectivity index (χ2n) is 4.94. The number of benzene rings is 1. The van der Waals surface area contributed by atoms with Crippen molar-refractivity contribution >= 4 is 9.84 Å². The lowest BCUT2D eigenvalue weighted by Gasteiger charge is -2.30. The van der Waals surface area contributed by atoms with Crippen LogP contribution in [0.2, 0.25) is 0 Å². The number of ether oxygens (including phenoxy) is 1. The van der Waals surface area contributed by atoms with Crippen molar-refractivity contribution < 1.29 is 17.5 Å². The zero-order valence-electron chi connectivity index (χ0n) is 11.3. The molecular formula is C13H19FN2O3S. The van der Waals surface area contributed by atoms with Gasteiger partial charge in [0.15, 0.2) is 21.4 Å². The van der Waals surface area contributed by atoms with Crippen LogP contribution >= 0.6 is 0 Å². The molecular weight excluding hydrogens is 283 g/mol. The molecule has 1 fully saturated rings. The Morgan fingerprint density at radius 2 is 2.20 bits per heavy atom. The number of hydrogen-bond donors (Lipinski definition) is 2. The number of hydrazine groups is 1. The number of methoxy groups -OCH3 is 1. The standard InChI is InChI=1S/C13H19FN2O3S/c1-19-11-6-5-9(8-10(11)14)13(16-15)12-4-2-3-7-20(12,17)18/h5-6,8,12-13,16H,2-4,7,15H2,1H3. The van der Waals surface area contributed by atoms with Crippen molar-refractivity contribution in [2.75, 3.05) is 12.9 Å². The van der Waals surface area contributed by atoms with E-state index in [1.165, 1.54) is 19.2 Å². The predicted octanol–water partition coefficient (Wildman–Crippen LogP) is 1.31. The second kappa shape index (κ2) is 6.07. The van der Waals surface area contributed by atoms with Gasteiger partial charge in [-0.3, -0.25) is 11.3 Å². The fourth-order valence-corrected chi connectivity index (χ4v) is 4.73. The van der Waals surface area contributed by atoms with Crippen LogP contribution in [0.4, 0.5) is 4.39 Å². The summed E-state index contributed by atoms with van der Waals surface area (Å²) in [5.41, 5.74) is 3.04. The minimum atomic E-state index is -3.21. The Morgan fingerprint density at radius 1 is 1.45 bits per heavy atom. The summed E-state index contributed by atoms with van der Waals surface area (Å²) in [5.74, 6) is 5.26. The van der Waals surface area contributed by atoms with Gasteiger partial charge in [0.25, 0.3) is 0 Å². The Morgan fingerprint density at radius 3 is 2.75 bits per heavy atom. The molecule has 0 aromatic heterocycles. The lowest BCUT2D eigenvalue weighted by molar-refractivity contribution is 0.384. The molecule has 7 heteroatoms. The highest BCUT2D eigenvalue weighted by atomic mass is 32.2. The molecule has 0 spiro atoms. The minimum absolute atomic E-state index is 0.121. The molecule has 0 bridgehead atoms. The predicted molar refractivity (Wildman–Crippen MR) is 74.4 cm³/mol. The number of hydrogen-bond acceptors (Lipinski definition) is 5. The topological polar surface area (TPSA) is 81.4 Å². The number of rotatable bonds is 4. The smallest absolute Gasteiger partial charge is 0.165 e. The highest BCUT2D eigenvalue weighted by molar-refractivity contribution is 7.92. The molecule has 20 heavy (non-hydrogen) atoms. The van der Waals surface area contributed by atoms with E-state index in [4.69, 9.17) is 10.6 Å². The Hall–Kier alpha value is -1.18. The van der Waals surface area contributed by atoms with Crippen LogP contribution in [0.5, 0.6) is 5.75 Å². The Labute approximate surface area is 118 Å². The van der Waals surface area contributed by atoms with Crippen molar-refractivity contribution in [1.29, 1.82) is 0 Å². The van der Waals surface area contributed by atoms with Crippen molar-refractivity contribution in [3.05, 3.63) is 29.6 Å². The molecule has 1 aromatic carbocycles. The van der Waals surface area contributed by atoms with Crippen LogP contribution in [0.1, 0.15) is 30.9 Å². The van der Waals surface area contributed by atoms with Crippen molar-refractivity contribution in [1.82, 2.24) is 5.43 Å². The SMILES string of the molecule is COc1ccc(C(NN)C2CCCCS2(=O)=O)cc1F. The first kappa shape index (κ1) is 15.2. The van der Waals surface area contributed by atoms with E-state index in [2.05, 4.69) is 5.43 Å². The third kappa shape index (κ3) is 2.94. The average Bonchev–Trinajstić information content (AvgIpc) is 2.41. The summed E-state index contributed by atoms with van der Waals surface area (Å²) in [6.45, 7) is 0. The normalized spacial score (nSPS) is 23.2. The summed E-state index contributed by atoms with van der Waals surface area (Å²) in [6.07, 6.45) is 2.04. The van der Waals surface area contributed by atoms with Gasteiger partial charge in [0.05, 0.1) is 24.2 Å². The Kier molecular flexibility index (Phi) is 4.62. The summed E-state index contributed by atoms with van der Waals surface area (Å²) < 4.78 is 42.9. The third-order valence-corrected chi connectivity index (χ3v) is 6.00. The first-order chi connectivity index (χ1) is 9.49. The molecule has 1 aromatic rings. The van der Waals surface area contributed by atoms with Gasteiger partial charge in [-0.2, -0.15) is 0 Å². The Bertz CT molecular complexity index is 577. The average molecular weight is 302 g/mol. The maximum atomic E-state index is 13.8. The first-order valence-electron chi connectivity index (χ1n) is 6.50. The van der Waals surface area contributed by atoms with Gasteiger partial charge < -0.3 is 4.74 Å². The maximum absolute atomic E-state index is 13.8. The molecule has 0 radical (unpaired) electrons. The van der Waals surface area contributed by atoms with Crippen LogP contribution in [0.25, 0.3) is 0 Å². The molecule has 0 amide bonds. The third-order valence-electron chi connectivity index (χ3n) is 3.72. The zero-order chi connectivity index (χ0) is 14.8. The molecule has 2 atom stereocenters. The van der Waals surface area contributed by atoms with Crippen molar-refractivity contribution in [3.63, 3.8) is 0 Å². The first-order valence-corrected chi connectivity index (χ1v) is 8.22. The molecule has 2 unspecified atom stereocenters. The highest BCUT2D eigenvalue weighted by Gasteiger charge is 2.36. The number of halogens is 1. The quantitative estimate of drug-likeness (QED) is 0.647. The van der Waals surface area contributed by atoms with E-state index < -0.39 is 26.9 Å². The van der Waals surface area contributed by atoms with Gasteiger partial charge in [0.1, 0.15) is 0 Å². The van der Waals surface area contributed by atoms with E-state index in [0.29, 0.717) is 18.4 Å². The van der Waals surface area contributed by atoms with E-state index in [1.807, 2.05) is 0 Å². The zero-order valence-corrected chi connectivity index (χ0v) is 12.1. The van der Waals surface area contributed by atoms with E-state index >= 15 is 0 Å². The number of sulfone groups is 1. The molecule has 112 valence electrons. The van der Waals surface area contributed by atoms with Gasteiger partial charge >= 0.3 is 0 Å². The summed E-state index contributed by atoms with van der Waals surface area (Å²) in [7, 11) is -1.83. The summed E-state index contributed by atoms with van der Waals surface area (Å²) >= 11 is 0. The molecule has 1 aliphatic heterocycles. The molecule has 1 saturated heterocycles. The van der Waals surface area contributed by atoms with Crippen molar-refractivity contribution in [2.24, 2.45) is 5.84 Å². The van der Waals surface area contributed by atoms with E-state index in [-0.39, 0.29) is 11.5 Å². The molecule has 5 nitrogen and oxygen atoms in total. The largest absolute Gasteiger partial charge is 0.494 e. The fraction of sp³-hybridized carbons (Fsp3) is 0.538. The minimum Gasteiger partial charge on any atom is -0.494 e. The van der Waals surface area contributed by atoms with E-state index in [0.717, 1.165) is 6.42 Å². The van der Waals surface area contributed by atoms with E-state index in [9.17, 15) is 12.8 Å². The number of nitrogens with two attached hydrogens (primary N) is 1. The monoisotopic (exact) mass is 302 g/mol. The van der Waals surface area contributed by atoms with Crippen LogP contribution in [-0.2, 0) is 9.84 Å². The highest BCUT2D eigenvalue weighted by Crippen LogP contribution is 2.31. The molecule has 1 aliphatic rings. The molecule has 2 rings (SSSR count). The molecule has 1 heterocycles. The molecule has 0 aliphatic carbocycles. The van der Waals surface area contributed by atoms with Crippen LogP contribution in [-0.4, -0.2) is 26.5 Å². The molecule has 0 saturated carbocycles. The van der Waals surface area contributed by atoms with Gasteiger partial charge in [0.2, 0.25) is 0 Å². The lowest BCUT2D eigenvalue weighted by Crippen LogP contribution is -2.43.